The van der Waals surface area contributed by atoms with Crippen molar-refractivity contribution in [3.63, 3.8) is 0 Å². The van der Waals surface area contributed by atoms with Crippen molar-refractivity contribution in [2.75, 3.05) is 12.5 Å². The lowest BCUT2D eigenvalue weighted by Crippen LogP contribution is -1.97. The third-order valence-corrected chi connectivity index (χ3v) is 2.40. The van der Waals surface area contributed by atoms with E-state index in [1.807, 2.05) is 12.1 Å². The molecule has 1 aromatic rings. The first kappa shape index (κ1) is 11.4. The SMILES string of the molecule is CCc1ccc(OCCCCCl)cc1. The topological polar surface area (TPSA) is 9.23 Å². The van der Waals surface area contributed by atoms with Crippen LogP contribution in [0.5, 0.6) is 5.75 Å². The van der Waals surface area contributed by atoms with Crippen molar-refractivity contribution < 1.29 is 4.74 Å². The Morgan fingerprint density at radius 2 is 1.86 bits per heavy atom. The lowest BCUT2D eigenvalue weighted by Gasteiger charge is -2.05. The summed E-state index contributed by atoms with van der Waals surface area (Å²) in [7, 11) is 0. The van der Waals surface area contributed by atoms with Gasteiger partial charge >= 0.3 is 0 Å². The summed E-state index contributed by atoms with van der Waals surface area (Å²) in [6, 6.07) is 8.27. The molecule has 0 spiro atoms. The minimum Gasteiger partial charge on any atom is -0.494 e. The van der Waals surface area contributed by atoms with E-state index in [2.05, 4.69) is 19.1 Å². The Morgan fingerprint density at radius 3 is 2.43 bits per heavy atom. The standard InChI is InChI=1S/C12H17ClO/c1-2-11-5-7-12(8-6-11)14-10-4-3-9-13/h5-8H,2-4,9-10H2,1H3. The van der Waals surface area contributed by atoms with Gasteiger partial charge in [-0.05, 0) is 37.0 Å². The van der Waals surface area contributed by atoms with Gasteiger partial charge in [-0.25, -0.2) is 0 Å². The van der Waals surface area contributed by atoms with Crippen LogP contribution in [0.3, 0.4) is 0 Å². The highest BCUT2D eigenvalue weighted by Crippen LogP contribution is 2.12. The quantitative estimate of drug-likeness (QED) is 0.517. The lowest BCUT2D eigenvalue weighted by atomic mass is 10.2. The van der Waals surface area contributed by atoms with E-state index in [0.717, 1.165) is 37.5 Å². The number of aryl methyl sites for hydroxylation is 1. The molecule has 0 aliphatic rings. The minimum atomic E-state index is 0.720. The lowest BCUT2D eigenvalue weighted by molar-refractivity contribution is 0.309. The van der Waals surface area contributed by atoms with Crippen LogP contribution in [0.25, 0.3) is 0 Å². The molecule has 0 aliphatic carbocycles. The first-order valence-electron chi connectivity index (χ1n) is 5.14. The van der Waals surface area contributed by atoms with Crippen molar-refractivity contribution in [3.05, 3.63) is 29.8 Å². The summed E-state index contributed by atoms with van der Waals surface area (Å²) in [6.45, 7) is 2.91. The fraction of sp³-hybridized carbons (Fsp3) is 0.500. The van der Waals surface area contributed by atoms with E-state index in [0.29, 0.717) is 0 Å². The Labute approximate surface area is 91.0 Å². The number of ether oxygens (including phenoxy) is 1. The summed E-state index contributed by atoms with van der Waals surface area (Å²) in [5, 5.41) is 0. The van der Waals surface area contributed by atoms with Gasteiger partial charge < -0.3 is 4.74 Å². The van der Waals surface area contributed by atoms with E-state index >= 15 is 0 Å². The Hall–Kier alpha value is -0.690. The second kappa shape index (κ2) is 6.72. The number of halogens is 1. The van der Waals surface area contributed by atoms with Crippen LogP contribution >= 0.6 is 11.6 Å². The van der Waals surface area contributed by atoms with Crippen LogP contribution in [0.1, 0.15) is 25.3 Å². The molecule has 0 amide bonds. The number of hydrogen-bond acceptors (Lipinski definition) is 1. The highest BCUT2D eigenvalue weighted by molar-refractivity contribution is 6.17. The van der Waals surface area contributed by atoms with Gasteiger partial charge in [0.1, 0.15) is 5.75 Å². The van der Waals surface area contributed by atoms with Crippen molar-refractivity contribution in [3.8, 4) is 5.75 Å². The first-order chi connectivity index (χ1) is 6.86. The number of alkyl halides is 1. The first-order valence-corrected chi connectivity index (χ1v) is 5.68. The second-order valence-electron chi connectivity index (χ2n) is 3.24. The van der Waals surface area contributed by atoms with Crippen molar-refractivity contribution in [2.45, 2.75) is 26.2 Å². The van der Waals surface area contributed by atoms with E-state index in [1.54, 1.807) is 0 Å². The Bertz CT molecular complexity index is 243. The summed E-state index contributed by atoms with van der Waals surface area (Å²) in [6.07, 6.45) is 3.13. The number of benzene rings is 1. The van der Waals surface area contributed by atoms with Gasteiger partial charge in [0.15, 0.2) is 0 Å². The molecule has 0 aliphatic heterocycles. The van der Waals surface area contributed by atoms with Gasteiger partial charge in [-0.15, -0.1) is 11.6 Å². The molecule has 0 heterocycles. The van der Waals surface area contributed by atoms with E-state index in [1.165, 1.54) is 5.56 Å². The van der Waals surface area contributed by atoms with Crippen molar-refractivity contribution in [1.82, 2.24) is 0 Å². The normalized spacial score (nSPS) is 10.1. The average molecular weight is 213 g/mol. The second-order valence-corrected chi connectivity index (χ2v) is 3.62. The van der Waals surface area contributed by atoms with Crippen LogP contribution in [-0.2, 0) is 6.42 Å². The monoisotopic (exact) mass is 212 g/mol. The van der Waals surface area contributed by atoms with E-state index < -0.39 is 0 Å². The molecule has 0 saturated carbocycles. The largest absolute Gasteiger partial charge is 0.494 e. The molecule has 1 rings (SSSR count). The van der Waals surface area contributed by atoms with Crippen molar-refractivity contribution >= 4 is 11.6 Å². The van der Waals surface area contributed by atoms with Gasteiger partial charge in [0.2, 0.25) is 0 Å². The molecule has 0 saturated heterocycles. The smallest absolute Gasteiger partial charge is 0.119 e. The third kappa shape index (κ3) is 4.01. The molecule has 1 aromatic carbocycles. The zero-order valence-electron chi connectivity index (χ0n) is 8.63. The number of unbranched alkanes of at least 4 members (excludes halogenated alkanes) is 1. The summed E-state index contributed by atoms with van der Waals surface area (Å²) in [5.41, 5.74) is 1.35. The van der Waals surface area contributed by atoms with Gasteiger partial charge in [-0.2, -0.15) is 0 Å². The zero-order chi connectivity index (χ0) is 10.2. The van der Waals surface area contributed by atoms with Crippen LogP contribution in [0.2, 0.25) is 0 Å². The van der Waals surface area contributed by atoms with Crippen LogP contribution in [0.4, 0.5) is 0 Å². The van der Waals surface area contributed by atoms with Crippen LogP contribution in [0.15, 0.2) is 24.3 Å². The molecule has 0 aromatic heterocycles. The Kier molecular flexibility index (Phi) is 5.46. The Balaban J connectivity index is 2.29. The predicted octanol–water partition coefficient (Wildman–Crippen LogP) is 3.65. The molecule has 1 nitrogen and oxygen atoms in total. The molecule has 0 fully saturated rings. The van der Waals surface area contributed by atoms with Gasteiger partial charge in [0.05, 0.1) is 6.61 Å². The highest BCUT2D eigenvalue weighted by atomic mass is 35.5. The van der Waals surface area contributed by atoms with E-state index in [9.17, 15) is 0 Å². The third-order valence-electron chi connectivity index (χ3n) is 2.13. The van der Waals surface area contributed by atoms with Crippen LogP contribution < -0.4 is 4.74 Å². The molecule has 0 unspecified atom stereocenters. The van der Waals surface area contributed by atoms with Gasteiger partial charge in [-0.1, -0.05) is 19.1 Å². The molecule has 0 bridgehead atoms. The van der Waals surface area contributed by atoms with E-state index in [4.69, 9.17) is 16.3 Å². The molecule has 78 valence electrons. The average Bonchev–Trinajstić information content (AvgIpc) is 2.25. The fourth-order valence-electron chi connectivity index (χ4n) is 1.21. The Morgan fingerprint density at radius 1 is 1.14 bits per heavy atom. The van der Waals surface area contributed by atoms with Gasteiger partial charge in [-0.3, -0.25) is 0 Å². The maximum atomic E-state index is 5.57. The van der Waals surface area contributed by atoms with E-state index in [-0.39, 0.29) is 0 Å². The van der Waals surface area contributed by atoms with Crippen molar-refractivity contribution in [1.29, 1.82) is 0 Å². The molecule has 0 radical (unpaired) electrons. The maximum Gasteiger partial charge on any atom is 0.119 e. The molecule has 0 atom stereocenters. The summed E-state index contributed by atoms with van der Waals surface area (Å²) >= 11 is 5.57. The molecule has 0 N–H and O–H groups in total. The zero-order valence-corrected chi connectivity index (χ0v) is 9.39. The summed E-state index contributed by atoms with van der Waals surface area (Å²) in [4.78, 5) is 0. The molecular formula is C12H17ClO. The molecule has 2 heteroatoms. The number of hydrogen-bond donors (Lipinski definition) is 0. The molecule has 14 heavy (non-hydrogen) atoms. The minimum absolute atomic E-state index is 0.720. The predicted molar refractivity (Wildman–Crippen MR) is 61.3 cm³/mol. The highest BCUT2D eigenvalue weighted by Gasteiger charge is 1.93. The number of rotatable bonds is 6. The van der Waals surface area contributed by atoms with Crippen molar-refractivity contribution in [2.24, 2.45) is 0 Å². The molecular weight excluding hydrogens is 196 g/mol. The maximum absolute atomic E-state index is 5.57. The van der Waals surface area contributed by atoms with Gasteiger partial charge in [0, 0.05) is 5.88 Å². The van der Waals surface area contributed by atoms with Gasteiger partial charge in [0.25, 0.3) is 0 Å². The van der Waals surface area contributed by atoms with Crippen LogP contribution in [-0.4, -0.2) is 12.5 Å². The summed E-state index contributed by atoms with van der Waals surface area (Å²) in [5.74, 6) is 1.68. The van der Waals surface area contributed by atoms with Crippen LogP contribution in [0, 0.1) is 0 Å². The summed E-state index contributed by atoms with van der Waals surface area (Å²) < 4.78 is 5.55. The fourth-order valence-corrected chi connectivity index (χ4v) is 1.40.